The van der Waals surface area contributed by atoms with Gasteiger partial charge in [-0.05, 0) is 61.9 Å². The van der Waals surface area contributed by atoms with Gasteiger partial charge in [-0.25, -0.2) is 4.79 Å². The smallest absolute Gasteiger partial charge is 0.411 e. The van der Waals surface area contributed by atoms with Crippen molar-refractivity contribution in [2.75, 3.05) is 6.54 Å². The molecule has 0 aliphatic carbocycles. The molecule has 1 amide bonds. The van der Waals surface area contributed by atoms with E-state index in [1.165, 1.54) is 17.0 Å². The van der Waals surface area contributed by atoms with Gasteiger partial charge in [-0.1, -0.05) is 0 Å². The van der Waals surface area contributed by atoms with Crippen molar-refractivity contribution in [1.29, 1.82) is 0 Å². The van der Waals surface area contributed by atoms with Crippen LogP contribution in [0.3, 0.4) is 0 Å². The molecule has 0 unspecified atom stereocenters. The van der Waals surface area contributed by atoms with Crippen molar-refractivity contribution in [2.24, 2.45) is 0 Å². The summed E-state index contributed by atoms with van der Waals surface area (Å²) in [5.74, 6) is 0. The minimum atomic E-state index is -0.577. The first kappa shape index (κ1) is 17.4. The second kappa shape index (κ2) is 6.48. The highest BCUT2D eigenvalue weighted by atomic mass is 32.1. The van der Waals surface area contributed by atoms with Crippen LogP contribution in [-0.4, -0.2) is 28.1 Å². The second-order valence-corrected chi connectivity index (χ2v) is 7.97. The van der Waals surface area contributed by atoms with Crippen LogP contribution >= 0.6 is 11.3 Å². The number of hydrogen-bond acceptors (Lipinski definition) is 5. The number of carbonyl (C=O) groups excluding carboxylic acids is 1. The van der Waals surface area contributed by atoms with Gasteiger partial charge in [-0.3, -0.25) is 15.0 Å². The molecule has 132 valence electrons. The molecule has 0 spiro atoms. The third-order valence-corrected chi connectivity index (χ3v) is 5.01. The van der Waals surface area contributed by atoms with E-state index in [4.69, 9.17) is 4.74 Å². The van der Waals surface area contributed by atoms with Crippen LogP contribution in [0.25, 0.3) is 0 Å². The molecule has 1 aromatic heterocycles. The van der Waals surface area contributed by atoms with Crippen LogP contribution in [0.2, 0.25) is 0 Å². The largest absolute Gasteiger partial charge is 0.444 e. The van der Waals surface area contributed by atoms with Crippen molar-refractivity contribution in [2.45, 2.75) is 38.8 Å². The average molecular weight is 360 g/mol. The van der Waals surface area contributed by atoms with Crippen molar-refractivity contribution in [3.05, 3.63) is 61.8 Å². The van der Waals surface area contributed by atoms with Gasteiger partial charge in [0, 0.05) is 23.6 Å². The minimum Gasteiger partial charge on any atom is -0.444 e. The lowest BCUT2D eigenvalue weighted by atomic mass is 9.93. The number of hydrogen-bond donors (Lipinski definition) is 0. The van der Waals surface area contributed by atoms with Gasteiger partial charge in [0.15, 0.2) is 0 Å². The van der Waals surface area contributed by atoms with Crippen LogP contribution in [0.1, 0.15) is 42.8 Å². The summed E-state index contributed by atoms with van der Waals surface area (Å²) in [7, 11) is 0. The zero-order valence-electron chi connectivity index (χ0n) is 14.4. The molecule has 3 rings (SSSR count). The van der Waals surface area contributed by atoms with Crippen LogP contribution in [0.4, 0.5) is 10.5 Å². The third-order valence-electron chi connectivity index (χ3n) is 4.01. The molecule has 1 aromatic carbocycles. The van der Waals surface area contributed by atoms with Gasteiger partial charge in [0.1, 0.15) is 5.60 Å². The Balaban J connectivity index is 1.98. The van der Waals surface area contributed by atoms with Crippen LogP contribution in [0, 0.1) is 10.1 Å². The summed E-state index contributed by atoms with van der Waals surface area (Å²) in [5.41, 5.74) is 1.37. The van der Waals surface area contributed by atoms with E-state index in [-0.39, 0.29) is 17.8 Å². The molecule has 2 aromatic rings. The summed E-state index contributed by atoms with van der Waals surface area (Å²) in [4.78, 5) is 26.1. The maximum Gasteiger partial charge on any atom is 0.411 e. The van der Waals surface area contributed by atoms with Gasteiger partial charge in [0.2, 0.25) is 0 Å². The van der Waals surface area contributed by atoms with Gasteiger partial charge >= 0.3 is 6.09 Å². The number of nitro benzene ring substituents is 1. The number of fused-ring (bicyclic) bond motifs is 1. The van der Waals surface area contributed by atoms with Gasteiger partial charge in [0.25, 0.3) is 5.69 Å². The zero-order valence-corrected chi connectivity index (χ0v) is 15.2. The van der Waals surface area contributed by atoms with Gasteiger partial charge in [0.05, 0.1) is 11.0 Å². The molecule has 2 heterocycles. The maximum atomic E-state index is 12.7. The average Bonchev–Trinajstić information content (AvgIpc) is 3.00. The van der Waals surface area contributed by atoms with Crippen molar-refractivity contribution >= 4 is 23.1 Å². The Bertz CT molecular complexity index is 792. The summed E-state index contributed by atoms with van der Waals surface area (Å²) in [6, 6.07) is 8.11. The standard InChI is InChI=1S/C18H20N2O4S/c1-18(2,3)24-17(21)19-10-8-15-14(9-11-25-15)16(19)12-4-6-13(7-5-12)20(22)23/h4-7,9,11,16H,8,10H2,1-3H3/t16-/m1/s1. The fourth-order valence-electron chi connectivity index (χ4n) is 2.97. The molecule has 1 atom stereocenters. The highest BCUT2D eigenvalue weighted by molar-refractivity contribution is 7.10. The molecule has 25 heavy (non-hydrogen) atoms. The van der Waals surface area contributed by atoms with E-state index < -0.39 is 10.5 Å². The summed E-state index contributed by atoms with van der Waals surface area (Å²) < 4.78 is 5.56. The van der Waals surface area contributed by atoms with Crippen molar-refractivity contribution in [1.82, 2.24) is 4.90 Å². The Labute approximate surface area is 150 Å². The lowest BCUT2D eigenvalue weighted by Crippen LogP contribution is -2.43. The van der Waals surface area contributed by atoms with Crippen molar-refractivity contribution < 1.29 is 14.5 Å². The number of amides is 1. The van der Waals surface area contributed by atoms with Gasteiger partial charge in [-0.15, -0.1) is 11.3 Å². The Kier molecular flexibility index (Phi) is 4.51. The minimum absolute atomic E-state index is 0.0360. The molecular formula is C18H20N2O4S. The van der Waals surface area contributed by atoms with E-state index in [1.54, 1.807) is 28.4 Å². The number of ether oxygens (including phenoxy) is 1. The normalized spacial score (nSPS) is 17.1. The highest BCUT2D eigenvalue weighted by Gasteiger charge is 2.35. The molecule has 0 fully saturated rings. The third kappa shape index (κ3) is 3.66. The second-order valence-electron chi connectivity index (χ2n) is 6.97. The predicted octanol–water partition coefficient (Wildman–Crippen LogP) is 4.54. The molecule has 0 bridgehead atoms. The summed E-state index contributed by atoms with van der Waals surface area (Å²) >= 11 is 1.67. The van der Waals surface area contributed by atoms with Crippen LogP contribution in [0.15, 0.2) is 35.7 Å². The molecule has 0 saturated heterocycles. The highest BCUT2D eigenvalue weighted by Crippen LogP contribution is 2.38. The lowest BCUT2D eigenvalue weighted by Gasteiger charge is -2.37. The fourth-order valence-corrected chi connectivity index (χ4v) is 3.88. The molecule has 0 radical (unpaired) electrons. The number of nitrogens with zero attached hydrogens (tertiary/aromatic N) is 2. The molecule has 7 heteroatoms. The molecule has 0 N–H and O–H groups in total. The molecule has 0 saturated carbocycles. The first-order valence-corrected chi connectivity index (χ1v) is 8.94. The first-order valence-electron chi connectivity index (χ1n) is 8.06. The van der Waals surface area contributed by atoms with E-state index in [2.05, 4.69) is 0 Å². The van der Waals surface area contributed by atoms with Crippen molar-refractivity contribution in [3.8, 4) is 0 Å². The monoisotopic (exact) mass is 360 g/mol. The summed E-state index contributed by atoms with van der Waals surface area (Å²) in [6.45, 7) is 6.08. The van der Waals surface area contributed by atoms with E-state index in [1.807, 2.05) is 32.2 Å². The number of non-ortho nitro benzene ring substituents is 1. The fraction of sp³-hybridized carbons (Fsp3) is 0.389. The van der Waals surface area contributed by atoms with Gasteiger partial charge < -0.3 is 4.74 Å². The maximum absolute atomic E-state index is 12.7. The first-order chi connectivity index (χ1) is 11.8. The Hall–Kier alpha value is -2.41. The van der Waals surface area contributed by atoms with Crippen LogP contribution in [-0.2, 0) is 11.2 Å². The molecule has 1 aliphatic heterocycles. The number of benzene rings is 1. The zero-order chi connectivity index (χ0) is 18.2. The summed E-state index contributed by atoms with van der Waals surface area (Å²) in [6.07, 6.45) is 0.420. The van der Waals surface area contributed by atoms with E-state index in [0.29, 0.717) is 6.54 Å². The lowest BCUT2D eigenvalue weighted by molar-refractivity contribution is -0.384. The topological polar surface area (TPSA) is 72.7 Å². The summed E-state index contributed by atoms with van der Waals surface area (Å²) in [5, 5.41) is 12.9. The van der Waals surface area contributed by atoms with E-state index in [9.17, 15) is 14.9 Å². The number of carbonyl (C=O) groups is 1. The SMILES string of the molecule is CC(C)(C)OC(=O)N1CCc2sccc2[C@H]1c1ccc([N+](=O)[O-])cc1. The van der Waals surface area contributed by atoms with E-state index >= 15 is 0 Å². The quantitative estimate of drug-likeness (QED) is 0.582. The predicted molar refractivity (Wildman–Crippen MR) is 95.9 cm³/mol. The van der Waals surface area contributed by atoms with E-state index in [0.717, 1.165) is 17.5 Å². The molecule has 1 aliphatic rings. The van der Waals surface area contributed by atoms with Gasteiger partial charge in [-0.2, -0.15) is 0 Å². The Morgan fingerprint density at radius 2 is 1.96 bits per heavy atom. The number of thiophene rings is 1. The van der Waals surface area contributed by atoms with Crippen molar-refractivity contribution in [3.63, 3.8) is 0 Å². The Morgan fingerprint density at radius 1 is 1.28 bits per heavy atom. The Morgan fingerprint density at radius 3 is 2.56 bits per heavy atom. The number of rotatable bonds is 2. The molecular weight excluding hydrogens is 340 g/mol. The number of nitro groups is 1. The molecule has 6 nitrogen and oxygen atoms in total. The van der Waals surface area contributed by atoms with Crippen LogP contribution in [0.5, 0.6) is 0 Å². The van der Waals surface area contributed by atoms with Crippen LogP contribution < -0.4 is 0 Å².